The third kappa shape index (κ3) is 5.44. The number of urea groups is 1. The molecule has 194 valence electrons. The van der Waals surface area contributed by atoms with E-state index < -0.39 is 47.5 Å². The van der Waals surface area contributed by atoms with Crippen LogP contribution in [-0.4, -0.2) is 84.9 Å². The molecule has 0 saturated carbocycles. The number of hydroxylamine groups is 2. The lowest BCUT2D eigenvalue weighted by Crippen LogP contribution is -2.42. The minimum atomic E-state index is -0.719. The van der Waals surface area contributed by atoms with Crippen LogP contribution in [0.4, 0.5) is 14.4 Å². The molecule has 35 heavy (non-hydrogen) atoms. The van der Waals surface area contributed by atoms with Gasteiger partial charge in [-0.1, -0.05) is 0 Å². The van der Waals surface area contributed by atoms with Crippen LogP contribution < -0.4 is 5.32 Å². The maximum Gasteiger partial charge on any atom is 0.411 e. The highest BCUT2D eigenvalue weighted by Gasteiger charge is 2.48. The van der Waals surface area contributed by atoms with Crippen molar-refractivity contribution in [3.63, 3.8) is 0 Å². The molecule has 1 aromatic rings. The van der Waals surface area contributed by atoms with Gasteiger partial charge in [0.2, 0.25) is 11.8 Å². The van der Waals surface area contributed by atoms with Crippen LogP contribution in [0, 0.1) is 0 Å². The molecule has 0 unspecified atom stereocenters. The Kier molecular flexibility index (Phi) is 6.32. The summed E-state index contributed by atoms with van der Waals surface area (Å²) in [5, 5.41) is 21.8. The molecule has 4 amide bonds. The molecule has 0 radical (unpaired) electrons. The lowest BCUT2D eigenvalue weighted by atomic mass is 10.0. The van der Waals surface area contributed by atoms with E-state index in [0.717, 1.165) is 5.06 Å². The van der Waals surface area contributed by atoms with Crippen molar-refractivity contribution >= 4 is 18.2 Å². The number of carbonyl (C=O) groups is 3. The third-order valence-electron chi connectivity index (χ3n) is 6.02. The third-order valence-corrected chi connectivity index (χ3v) is 6.02. The Hall–Kier alpha value is -3.09. The molecule has 3 aliphatic heterocycles. The van der Waals surface area contributed by atoms with Crippen molar-refractivity contribution in [2.75, 3.05) is 13.1 Å². The molecule has 2 N–H and O–H groups in total. The van der Waals surface area contributed by atoms with E-state index in [9.17, 15) is 19.6 Å². The zero-order chi connectivity index (χ0) is 25.7. The number of ether oxygens (including phenoxy) is 2. The topological polar surface area (TPSA) is 151 Å². The number of aromatic nitrogens is 2. The van der Waals surface area contributed by atoms with Crippen LogP contribution in [0.15, 0.2) is 4.42 Å². The first-order valence-electron chi connectivity index (χ1n) is 11.8. The maximum absolute atomic E-state index is 13.0. The Labute approximate surface area is 203 Å². The second-order valence-corrected chi connectivity index (χ2v) is 11.2. The van der Waals surface area contributed by atoms with E-state index in [2.05, 4.69) is 15.5 Å². The number of nitrogens with zero attached hydrogens (tertiary/aromatic N) is 5. The largest absolute Gasteiger partial charge is 0.444 e. The molecule has 4 atom stereocenters. The lowest BCUT2D eigenvalue weighted by molar-refractivity contribution is -0.0584. The fraction of sp³-hybridized carbons (Fsp3) is 0.773. The van der Waals surface area contributed by atoms with Crippen molar-refractivity contribution in [2.45, 2.75) is 96.2 Å². The molecule has 3 aliphatic rings. The Morgan fingerprint density at radius 1 is 1.00 bits per heavy atom. The highest BCUT2D eigenvalue weighted by Crippen LogP contribution is 2.39. The molecule has 13 heteroatoms. The van der Waals surface area contributed by atoms with Crippen molar-refractivity contribution in [3.05, 3.63) is 11.8 Å². The first-order chi connectivity index (χ1) is 16.2. The smallest absolute Gasteiger partial charge is 0.411 e. The number of piperidine rings is 1. The van der Waals surface area contributed by atoms with Crippen molar-refractivity contribution in [3.8, 4) is 0 Å². The van der Waals surface area contributed by atoms with Crippen LogP contribution in [0.5, 0.6) is 0 Å². The van der Waals surface area contributed by atoms with Crippen LogP contribution in [0.3, 0.4) is 0 Å². The van der Waals surface area contributed by atoms with E-state index in [1.54, 1.807) is 41.5 Å². The number of rotatable bonds is 3. The number of carbonyl (C=O) groups excluding carboxylic acids is 3. The van der Waals surface area contributed by atoms with Crippen LogP contribution in [-0.2, 0) is 9.47 Å². The number of hydrogen-bond donors (Lipinski definition) is 2. The van der Waals surface area contributed by atoms with Crippen LogP contribution >= 0.6 is 0 Å². The molecule has 3 fully saturated rings. The summed E-state index contributed by atoms with van der Waals surface area (Å²) >= 11 is 0. The average molecular weight is 495 g/mol. The van der Waals surface area contributed by atoms with Crippen molar-refractivity contribution in [2.24, 2.45) is 0 Å². The number of amides is 4. The monoisotopic (exact) mass is 494 g/mol. The van der Waals surface area contributed by atoms with Gasteiger partial charge in [-0.05, 0) is 60.8 Å². The number of nitrogens with one attached hydrogen (secondary N) is 1. The maximum atomic E-state index is 13.0. The van der Waals surface area contributed by atoms with E-state index in [0.29, 0.717) is 25.8 Å². The predicted molar refractivity (Wildman–Crippen MR) is 119 cm³/mol. The predicted octanol–water partition coefficient (Wildman–Crippen LogP) is 2.98. The minimum Gasteiger partial charge on any atom is -0.444 e. The van der Waals surface area contributed by atoms with Crippen LogP contribution in [0.25, 0.3) is 0 Å². The number of likely N-dealkylation sites (tertiary alicyclic amines) is 1. The molecule has 0 spiro atoms. The molecule has 2 bridgehead atoms. The summed E-state index contributed by atoms with van der Waals surface area (Å²) < 4.78 is 16.9. The summed E-state index contributed by atoms with van der Waals surface area (Å²) in [7, 11) is 0. The minimum absolute atomic E-state index is 0.172. The van der Waals surface area contributed by atoms with Crippen LogP contribution in [0.2, 0.25) is 0 Å². The quantitative estimate of drug-likeness (QED) is 0.604. The molecule has 1 aromatic heterocycles. The Morgan fingerprint density at radius 3 is 2.26 bits per heavy atom. The first-order valence-corrected chi connectivity index (χ1v) is 11.8. The van der Waals surface area contributed by atoms with Gasteiger partial charge >= 0.3 is 18.2 Å². The molecule has 4 rings (SSSR count). The highest BCUT2D eigenvalue weighted by molar-refractivity contribution is 5.76. The molecule has 0 aromatic carbocycles. The number of fused-ring (bicyclic) bond motifs is 2. The molecular formula is C22H34N6O7. The van der Waals surface area contributed by atoms with Gasteiger partial charge in [0.25, 0.3) is 0 Å². The average Bonchev–Trinajstić information content (AvgIpc) is 3.41. The van der Waals surface area contributed by atoms with E-state index in [4.69, 9.17) is 13.9 Å². The van der Waals surface area contributed by atoms with Gasteiger partial charge in [-0.2, -0.15) is 0 Å². The van der Waals surface area contributed by atoms with Gasteiger partial charge in [-0.15, -0.1) is 10.2 Å². The standard InChI is InChI=1S/C22H34N6O7/c1-21(2,3)34-18(29)23-12-9-15(27(10-12)20(31)35-22(4,5)6)17-25-24-16(33-17)14-8-7-13-11-26(14)19(30)28(13)32/h12-15,32H,7-11H2,1-6H3,(H,23,29)/t12-,13-,14-,15+/m0/s1. The van der Waals surface area contributed by atoms with Gasteiger partial charge in [-0.3, -0.25) is 10.1 Å². The van der Waals surface area contributed by atoms with Gasteiger partial charge in [0.15, 0.2) is 0 Å². The van der Waals surface area contributed by atoms with E-state index >= 15 is 0 Å². The Bertz CT molecular complexity index is 984. The summed E-state index contributed by atoms with van der Waals surface area (Å²) in [5.74, 6) is 0.434. The lowest BCUT2D eigenvalue weighted by Gasteiger charge is -2.28. The van der Waals surface area contributed by atoms with Crippen molar-refractivity contribution in [1.29, 1.82) is 0 Å². The molecule has 13 nitrogen and oxygen atoms in total. The molecule has 3 saturated heterocycles. The van der Waals surface area contributed by atoms with E-state index in [-0.39, 0.29) is 24.4 Å². The van der Waals surface area contributed by atoms with Crippen molar-refractivity contribution in [1.82, 2.24) is 30.4 Å². The highest BCUT2D eigenvalue weighted by atomic mass is 16.6. The fourth-order valence-electron chi connectivity index (χ4n) is 4.59. The Balaban J connectivity index is 1.52. The number of alkyl carbamates (subject to hydrolysis) is 1. The number of hydrogen-bond acceptors (Lipinski definition) is 9. The zero-order valence-corrected chi connectivity index (χ0v) is 21.0. The van der Waals surface area contributed by atoms with Crippen LogP contribution in [0.1, 0.15) is 84.7 Å². The zero-order valence-electron chi connectivity index (χ0n) is 21.0. The van der Waals surface area contributed by atoms with Gasteiger partial charge in [-0.25, -0.2) is 19.4 Å². The summed E-state index contributed by atoms with van der Waals surface area (Å²) in [6.07, 6.45) is 0.340. The molecule has 4 heterocycles. The fourth-order valence-corrected chi connectivity index (χ4v) is 4.59. The SMILES string of the molecule is CC(C)(C)OC(=O)N[C@H]1C[C@H](c2nnc([C@@H]3CC[C@H]4CN3C(=O)N4O)o2)N(C(=O)OC(C)(C)C)C1. The second kappa shape index (κ2) is 8.85. The van der Waals surface area contributed by atoms with Crippen molar-refractivity contribution < 1.29 is 33.5 Å². The van der Waals surface area contributed by atoms with Gasteiger partial charge in [0.1, 0.15) is 23.3 Å². The molecular weight excluding hydrogens is 460 g/mol. The second-order valence-electron chi connectivity index (χ2n) is 11.2. The first kappa shape index (κ1) is 25.0. The van der Waals surface area contributed by atoms with E-state index in [1.165, 1.54) is 9.80 Å². The Morgan fingerprint density at radius 2 is 1.63 bits per heavy atom. The van der Waals surface area contributed by atoms with Gasteiger partial charge in [0.05, 0.1) is 12.1 Å². The summed E-state index contributed by atoms with van der Waals surface area (Å²) in [6, 6.07) is -2.24. The molecule has 0 aliphatic carbocycles. The van der Waals surface area contributed by atoms with Gasteiger partial charge in [0, 0.05) is 13.1 Å². The summed E-state index contributed by atoms with van der Waals surface area (Å²) in [4.78, 5) is 40.6. The normalized spacial score (nSPS) is 26.8. The summed E-state index contributed by atoms with van der Waals surface area (Å²) in [6.45, 7) is 11.2. The van der Waals surface area contributed by atoms with Gasteiger partial charge < -0.3 is 24.1 Å². The summed E-state index contributed by atoms with van der Waals surface area (Å²) in [5.41, 5.74) is -1.38. The van der Waals surface area contributed by atoms with E-state index in [1.807, 2.05) is 0 Å².